The molecule has 1 saturated heterocycles. The summed E-state index contributed by atoms with van der Waals surface area (Å²) in [6.45, 7) is 6.61. The van der Waals surface area contributed by atoms with Gasteiger partial charge < -0.3 is 10.6 Å². The fraction of sp³-hybridized carbons (Fsp3) is 0.714. The highest BCUT2D eigenvalue weighted by Crippen LogP contribution is 2.22. The summed E-state index contributed by atoms with van der Waals surface area (Å²) in [5.41, 5.74) is 1.17. The van der Waals surface area contributed by atoms with E-state index in [1.165, 1.54) is 18.5 Å². The van der Waals surface area contributed by atoms with E-state index in [1.54, 1.807) is 6.33 Å². The van der Waals surface area contributed by atoms with Gasteiger partial charge >= 0.3 is 0 Å². The third-order valence-corrected chi connectivity index (χ3v) is 3.74. The summed E-state index contributed by atoms with van der Waals surface area (Å²) in [4.78, 5) is 8.74. The average Bonchev–Trinajstić information content (AvgIpc) is 2.42. The Kier molecular flexibility index (Phi) is 4.93. The van der Waals surface area contributed by atoms with Crippen LogP contribution in [-0.2, 0) is 0 Å². The summed E-state index contributed by atoms with van der Waals surface area (Å²) in [5, 5.41) is 6.92. The van der Waals surface area contributed by atoms with Crippen LogP contribution < -0.4 is 10.6 Å². The van der Waals surface area contributed by atoms with Gasteiger partial charge in [0, 0.05) is 30.3 Å². The molecule has 4 nitrogen and oxygen atoms in total. The molecule has 0 saturated carbocycles. The summed E-state index contributed by atoms with van der Waals surface area (Å²) >= 11 is 0. The number of nitrogens with zero attached hydrogens (tertiary/aromatic N) is 2. The van der Waals surface area contributed by atoms with Crippen molar-refractivity contribution in [3.05, 3.63) is 18.1 Å². The van der Waals surface area contributed by atoms with Crippen molar-refractivity contribution in [2.24, 2.45) is 0 Å². The first-order valence-electron chi connectivity index (χ1n) is 7.12. The van der Waals surface area contributed by atoms with Crippen molar-refractivity contribution in [3.63, 3.8) is 0 Å². The number of hydrogen-bond donors (Lipinski definition) is 2. The molecule has 2 rings (SSSR count). The van der Waals surface area contributed by atoms with E-state index >= 15 is 0 Å². The van der Waals surface area contributed by atoms with Crippen molar-refractivity contribution < 1.29 is 0 Å². The maximum atomic E-state index is 4.41. The fourth-order valence-electron chi connectivity index (χ4n) is 2.57. The van der Waals surface area contributed by atoms with Crippen molar-refractivity contribution in [1.82, 2.24) is 15.3 Å². The topological polar surface area (TPSA) is 49.8 Å². The molecule has 0 amide bonds. The van der Waals surface area contributed by atoms with Gasteiger partial charge in [-0.1, -0.05) is 13.8 Å². The van der Waals surface area contributed by atoms with Crippen molar-refractivity contribution in [2.75, 3.05) is 18.4 Å². The molecule has 0 aliphatic carbocycles. The standard InChI is InChI=1S/C14H24N4/c1-3-11(4-2)13-8-14(17-10-16-13)18-12-6-5-7-15-9-12/h8,10-12,15H,3-7,9H2,1-2H3,(H,16,17,18). The van der Waals surface area contributed by atoms with Crippen LogP contribution in [0.5, 0.6) is 0 Å². The number of anilines is 1. The minimum absolute atomic E-state index is 0.503. The predicted molar refractivity (Wildman–Crippen MR) is 74.9 cm³/mol. The lowest BCUT2D eigenvalue weighted by molar-refractivity contribution is 0.478. The van der Waals surface area contributed by atoms with Crippen LogP contribution in [0.25, 0.3) is 0 Å². The first-order chi connectivity index (χ1) is 8.83. The Hall–Kier alpha value is -1.16. The fourth-order valence-corrected chi connectivity index (χ4v) is 2.57. The molecule has 2 heterocycles. The van der Waals surface area contributed by atoms with Gasteiger partial charge in [0.25, 0.3) is 0 Å². The molecule has 0 aromatic carbocycles. The highest BCUT2D eigenvalue weighted by atomic mass is 15.1. The van der Waals surface area contributed by atoms with Crippen LogP contribution in [0, 0.1) is 0 Å². The summed E-state index contributed by atoms with van der Waals surface area (Å²) in [6.07, 6.45) is 6.42. The first-order valence-corrected chi connectivity index (χ1v) is 7.12. The predicted octanol–water partition coefficient (Wildman–Crippen LogP) is 2.54. The Labute approximate surface area is 110 Å². The molecule has 0 bridgehead atoms. The Morgan fingerprint density at radius 3 is 2.89 bits per heavy atom. The summed E-state index contributed by atoms with van der Waals surface area (Å²) < 4.78 is 0. The van der Waals surface area contributed by atoms with Crippen LogP contribution in [0.2, 0.25) is 0 Å². The van der Waals surface area contributed by atoms with Crippen molar-refractivity contribution in [2.45, 2.75) is 51.5 Å². The second-order valence-corrected chi connectivity index (χ2v) is 5.03. The van der Waals surface area contributed by atoms with Crippen LogP contribution in [0.4, 0.5) is 5.82 Å². The molecule has 1 aliphatic heterocycles. The zero-order valence-electron chi connectivity index (χ0n) is 11.4. The van der Waals surface area contributed by atoms with E-state index in [2.05, 4.69) is 40.5 Å². The van der Waals surface area contributed by atoms with Gasteiger partial charge in [-0.05, 0) is 32.2 Å². The smallest absolute Gasteiger partial charge is 0.129 e. The first kappa shape index (κ1) is 13.3. The summed E-state index contributed by atoms with van der Waals surface area (Å²) in [5.74, 6) is 1.53. The van der Waals surface area contributed by atoms with E-state index in [9.17, 15) is 0 Å². The van der Waals surface area contributed by atoms with Crippen molar-refractivity contribution in [3.8, 4) is 0 Å². The monoisotopic (exact) mass is 248 g/mol. The quantitative estimate of drug-likeness (QED) is 0.841. The normalized spacial score (nSPS) is 20.1. The lowest BCUT2D eigenvalue weighted by Crippen LogP contribution is -2.38. The summed E-state index contributed by atoms with van der Waals surface area (Å²) in [6, 6.07) is 2.62. The van der Waals surface area contributed by atoms with Crippen LogP contribution in [0.3, 0.4) is 0 Å². The van der Waals surface area contributed by atoms with E-state index in [1.807, 2.05) is 0 Å². The van der Waals surface area contributed by atoms with E-state index < -0.39 is 0 Å². The number of rotatable bonds is 5. The maximum Gasteiger partial charge on any atom is 0.129 e. The minimum Gasteiger partial charge on any atom is -0.366 e. The highest BCUT2D eigenvalue weighted by molar-refractivity contribution is 5.37. The third kappa shape index (κ3) is 3.42. The van der Waals surface area contributed by atoms with Gasteiger partial charge in [-0.25, -0.2) is 9.97 Å². The van der Waals surface area contributed by atoms with E-state index in [0.29, 0.717) is 12.0 Å². The molecule has 100 valence electrons. The molecule has 1 unspecified atom stereocenters. The lowest BCUT2D eigenvalue weighted by atomic mass is 9.99. The van der Waals surface area contributed by atoms with Gasteiger partial charge in [0.2, 0.25) is 0 Å². The average molecular weight is 248 g/mol. The Morgan fingerprint density at radius 1 is 1.39 bits per heavy atom. The van der Waals surface area contributed by atoms with E-state index in [4.69, 9.17) is 0 Å². The molecular weight excluding hydrogens is 224 g/mol. The van der Waals surface area contributed by atoms with Gasteiger partial charge in [0.1, 0.15) is 12.1 Å². The second-order valence-electron chi connectivity index (χ2n) is 5.03. The lowest BCUT2D eigenvalue weighted by Gasteiger charge is -2.24. The zero-order chi connectivity index (χ0) is 12.8. The van der Waals surface area contributed by atoms with Crippen LogP contribution in [0.15, 0.2) is 12.4 Å². The van der Waals surface area contributed by atoms with Gasteiger partial charge in [0.15, 0.2) is 0 Å². The number of aromatic nitrogens is 2. The van der Waals surface area contributed by atoms with Crippen LogP contribution in [0.1, 0.15) is 51.1 Å². The SMILES string of the molecule is CCC(CC)c1cc(NC2CCCNC2)ncn1. The van der Waals surface area contributed by atoms with Gasteiger partial charge in [0.05, 0.1) is 0 Å². The Bertz CT molecular complexity index is 357. The molecule has 1 atom stereocenters. The Balaban J connectivity index is 2.01. The number of hydrogen-bond acceptors (Lipinski definition) is 4. The third-order valence-electron chi connectivity index (χ3n) is 3.74. The van der Waals surface area contributed by atoms with Crippen LogP contribution >= 0.6 is 0 Å². The molecule has 1 aromatic rings. The van der Waals surface area contributed by atoms with E-state index in [0.717, 1.165) is 31.7 Å². The van der Waals surface area contributed by atoms with Crippen molar-refractivity contribution >= 4 is 5.82 Å². The summed E-state index contributed by atoms with van der Waals surface area (Å²) in [7, 11) is 0. The van der Waals surface area contributed by atoms with E-state index in [-0.39, 0.29) is 0 Å². The maximum absolute atomic E-state index is 4.41. The highest BCUT2D eigenvalue weighted by Gasteiger charge is 2.14. The molecule has 18 heavy (non-hydrogen) atoms. The second kappa shape index (κ2) is 6.69. The number of nitrogens with one attached hydrogen (secondary N) is 2. The van der Waals surface area contributed by atoms with Crippen molar-refractivity contribution in [1.29, 1.82) is 0 Å². The zero-order valence-corrected chi connectivity index (χ0v) is 11.4. The molecule has 1 aromatic heterocycles. The van der Waals surface area contributed by atoms with Gasteiger partial charge in [-0.2, -0.15) is 0 Å². The Morgan fingerprint density at radius 2 is 2.22 bits per heavy atom. The molecule has 1 fully saturated rings. The molecule has 0 spiro atoms. The molecule has 4 heteroatoms. The van der Waals surface area contributed by atoms with Gasteiger partial charge in [-0.3, -0.25) is 0 Å². The van der Waals surface area contributed by atoms with Gasteiger partial charge in [-0.15, -0.1) is 0 Å². The largest absolute Gasteiger partial charge is 0.366 e. The molecular formula is C14H24N4. The molecule has 2 N–H and O–H groups in total. The minimum atomic E-state index is 0.503. The number of piperidine rings is 1. The molecule has 1 aliphatic rings. The van der Waals surface area contributed by atoms with Crippen LogP contribution in [-0.4, -0.2) is 29.1 Å². The molecule has 0 radical (unpaired) electrons.